The third-order valence-corrected chi connectivity index (χ3v) is 3.06. The van der Waals surface area contributed by atoms with Gasteiger partial charge in [-0.05, 0) is 25.2 Å². The first-order valence-corrected chi connectivity index (χ1v) is 6.37. The van der Waals surface area contributed by atoms with Gasteiger partial charge in [-0.1, -0.05) is 13.8 Å². The molecule has 1 aliphatic carbocycles. The van der Waals surface area contributed by atoms with Crippen LogP contribution in [0.5, 0.6) is 0 Å². The number of aryl methyl sites for hydroxylation is 1. The van der Waals surface area contributed by atoms with Crippen molar-refractivity contribution in [3.63, 3.8) is 0 Å². The minimum Gasteiger partial charge on any atom is -0.480 e. The van der Waals surface area contributed by atoms with Gasteiger partial charge in [-0.25, -0.2) is 9.97 Å². The predicted molar refractivity (Wildman–Crippen MR) is 68.7 cm³/mol. The van der Waals surface area contributed by atoms with Gasteiger partial charge in [-0.15, -0.1) is 0 Å². The Labute approximate surface area is 107 Å². The van der Waals surface area contributed by atoms with E-state index in [1.807, 2.05) is 4.90 Å². The van der Waals surface area contributed by atoms with Gasteiger partial charge in [-0.2, -0.15) is 0 Å². The van der Waals surface area contributed by atoms with Gasteiger partial charge in [0.2, 0.25) is 0 Å². The molecule has 18 heavy (non-hydrogen) atoms. The van der Waals surface area contributed by atoms with Crippen LogP contribution in [0, 0.1) is 5.92 Å². The molecule has 0 bridgehead atoms. The maximum absolute atomic E-state index is 11.0. The Balaban J connectivity index is 2.30. The smallest absolute Gasteiger partial charge is 0.323 e. The Morgan fingerprint density at radius 1 is 1.44 bits per heavy atom. The molecule has 5 nitrogen and oxygen atoms in total. The fourth-order valence-corrected chi connectivity index (χ4v) is 2.44. The average molecular weight is 249 g/mol. The largest absolute Gasteiger partial charge is 0.480 e. The number of aliphatic carboxylic acids is 1. The van der Waals surface area contributed by atoms with Crippen molar-refractivity contribution in [2.24, 2.45) is 5.92 Å². The number of carboxylic acids is 1. The van der Waals surface area contributed by atoms with Crippen LogP contribution in [0.2, 0.25) is 0 Å². The molecule has 0 fully saturated rings. The number of carbonyl (C=O) groups is 1. The van der Waals surface area contributed by atoms with E-state index in [2.05, 4.69) is 23.8 Å². The van der Waals surface area contributed by atoms with Crippen molar-refractivity contribution >= 4 is 11.8 Å². The second-order valence-electron chi connectivity index (χ2n) is 5.14. The van der Waals surface area contributed by atoms with E-state index in [-0.39, 0.29) is 6.54 Å². The second-order valence-corrected chi connectivity index (χ2v) is 5.14. The summed E-state index contributed by atoms with van der Waals surface area (Å²) in [6.45, 7) is 4.86. The van der Waals surface area contributed by atoms with E-state index < -0.39 is 5.97 Å². The summed E-state index contributed by atoms with van der Waals surface area (Å²) in [4.78, 5) is 21.4. The molecule has 0 radical (unpaired) electrons. The Bertz CT molecular complexity index is 446. The molecule has 2 rings (SSSR count). The topological polar surface area (TPSA) is 66.3 Å². The van der Waals surface area contributed by atoms with Crippen LogP contribution in [0.15, 0.2) is 6.33 Å². The fourth-order valence-electron chi connectivity index (χ4n) is 2.44. The Morgan fingerprint density at radius 3 is 2.89 bits per heavy atom. The molecule has 1 aromatic heterocycles. The van der Waals surface area contributed by atoms with E-state index in [0.717, 1.165) is 36.3 Å². The standard InChI is InChI=1S/C13H19N3O2/c1-9(2)6-16(7-12(17)18)13-10-4-3-5-11(10)14-8-15-13/h8-9H,3-7H2,1-2H3,(H,17,18). The molecule has 1 heterocycles. The Hall–Kier alpha value is -1.65. The van der Waals surface area contributed by atoms with Crippen LogP contribution < -0.4 is 4.90 Å². The maximum Gasteiger partial charge on any atom is 0.323 e. The van der Waals surface area contributed by atoms with E-state index in [9.17, 15) is 4.79 Å². The molecule has 0 saturated heterocycles. The molecular formula is C13H19N3O2. The summed E-state index contributed by atoms with van der Waals surface area (Å²) >= 11 is 0. The zero-order valence-corrected chi connectivity index (χ0v) is 10.9. The van der Waals surface area contributed by atoms with Gasteiger partial charge in [0.05, 0.1) is 0 Å². The van der Waals surface area contributed by atoms with Gasteiger partial charge in [0.15, 0.2) is 0 Å². The molecule has 1 aromatic rings. The molecule has 1 N–H and O–H groups in total. The maximum atomic E-state index is 11.0. The van der Waals surface area contributed by atoms with Gasteiger partial charge in [0.25, 0.3) is 0 Å². The SMILES string of the molecule is CC(C)CN(CC(=O)O)c1ncnc2c1CCC2. The molecule has 0 amide bonds. The van der Waals surface area contributed by atoms with Crippen molar-refractivity contribution < 1.29 is 9.90 Å². The van der Waals surface area contributed by atoms with E-state index in [1.54, 1.807) is 6.33 Å². The number of carboxylic acid groups (broad SMARTS) is 1. The first-order valence-electron chi connectivity index (χ1n) is 6.37. The van der Waals surface area contributed by atoms with Crippen molar-refractivity contribution in [3.05, 3.63) is 17.6 Å². The number of hydrogen-bond acceptors (Lipinski definition) is 4. The summed E-state index contributed by atoms with van der Waals surface area (Å²) in [5.41, 5.74) is 2.22. The molecule has 0 aromatic carbocycles. The number of nitrogens with zero attached hydrogens (tertiary/aromatic N) is 3. The molecule has 1 aliphatic rings. The normalized spacial score (nSPS) is 13.7. The molecule has 0 aliphatic heterocycles. The molecular weight excluding hydrogens is 230 g/mol. The molecule has 0 atom stereocenters. The van der Waals surface area contributed by atoms with E-state index in [1.165, 1.54) is 0 Å². The van der Waals surface area contributed by atoms with Crippen LogP contribution in [0.1, 0.15) is 31.5 Å². The lowest BCUT2D eigenvalue weighted by Crippen LogP contribution is -2.34. The minimum absolute atomic E-state index is 0.00162. The zero-order valence-electron chi connectivity index (χ0n) is 10.9. The van der Waals surface area contributed by atoms with Crippen molar-refractivity contribution in [3.8, 4) is 0 Å². The van der Waals surface area contributed by atoms with Crippen LogP contribution in [0.3, 0.4) is 0 Å². The summed E-state index contributed by atoms with van der Waals surface area (Å²) in [7, 11) is 0. The number of anilines is 1. The van der Waals surface area contributed by atoms with E-state index in [0.29, 0.717) is 12.5 Å². The number of aromatic nitrogens is 2. The third kappa shape index (κ3) is 2.78. The van der Waals surface area contributed by atoms with E-state index in [4.69, 9.17) is 5.11 Å². The molecule has 5 heteroatoms. The Kier molecular flexibility index (Phi) is 3.79. The van der Waals surface area contributed by atoms with Crippen LogP contribution >= 0.6 is 0 Å². The summed E-state index contributed by atoms with van der Waals surface area (Å²) in [5, 5.41) is 9.02. The van der Waals surface area contributed by atoms with Crippen LogP contribution in [-0.4, -0.2) is 34.1 Å². The highest BCUT2D eigenvalue weighted by atomic mass is 16.4. The monoisotopic (exact) mass is 249 g/mol. The highest BCUT2D eigenvalue weighted by Crippen LogP contribution is 2.28. The number of fused-ring (bicyclic) bond motifs is 1. The van der Waals surface area contributed by atoms with Gasteiger partial charge < -0.3 is 10.0 Å². The molecule has 0 unspecified atom stereocenters. The van der Waals surface area contributed by atoms with Crippen molar-refractivity contribution in [2.45, 2.75) is 33.1 Å². The molecule has 98 valence electrons. The van der Waals surface area contributed by atoms with Crippen LogP contribution in [0.25, 0.3) is 0 Å². The lowest BCUT2D eigenvalue weighted by molar-refractivity contribution is -0.135. The average Bonchev–Trinajstić information content (AvgIpc) is 2.74. The highest BCUT2D eigenvalue weighted by molar-refractivity contribution is 5.73. The van der Waals surface area contributed by atoms with Crippen molar-refractivity contribution in [2.75, 3.05) is 18.0 Å². The molecule has 0 saturated carbocycles. The van der Waals surface area contributed by atoms with Gasteiger partial charge in [-0.3, -0.25) is 4.79 Å². The third-order valence-electron chi connectivity index (χ3n) is 3.06. The summed E-state index contributed by atoms with van der Waals surface area (Å²) in [6.07, 6.45) is 4.57. The van der Waals surface area contributed by atoms with Crippen LogP contribution in [-0.2, 0) is 17.6 Å². The van der Waals surface area contributed by atoms with Gasteiger partial charge >= 0.3 is 5.97 Å². The van der Waals surface area contributed by atoms with Crippen molar-refractivity contribution in [1.82, 2.24) is 9.97 Å². The minimum atomic E-state index is -0.819. The first-order chi connectivity index (χ1) is 8.58. The molecule has 0 spiro atoms. The quantitative estimate of drug-likeness (QED) is 0.856. The fraction of sp³-hybridized carbons (Fsp3) is 0.615. The number of rotatable bonds is 5. The summed E-state index contributed by atoms with van der Waals surface area (Å²) < 4.78 is 0. The predicted octanol–water partition coefficient (Wildman–Crippen LogP) is 1.51. The zero-order chi connectivity index (χ0) is 13.1. The van der Waals surface area contributed by atoms with E-state index >= 15 is 0 Å². The summed E-state index contributed by atoms with van der Waals surface area (Å²) in [5.74, 6) is 0.394. The lowest BCUT2D eigenvalue weighted by Gasteiger charge is -2.25. The second kappa shape index (κ2) is 5.33. The Morgan fingerprint density at radius 2 is 2.22 bits per heavy atom. The summed E-state index contributed by atoms with van der Waals surface area (Å²) in [6, 6.07) is 0. The first kappa shape index (κ1) is 12.8. The van der Waals surface area contributed by atoms with Gasteiger partial charge in [0, 0.05) is 17.8 Å². The van der Waals surface area contributed by atoms with Crippen LogP contribution in [0.4, 0.5) is 5.82 Å². The van der Waals surface area contributed by atoms with Gasteiger partial charge in [0.1, 0.15) is 18.7 Å². The number of hydrogen-bond donors (Lipinski definition) is 1. The lowest BCUT2D eigenvalue weighted by atomic mass is 10.1. The van der Waals surface area contributed by atoms with Crippen molar-refractivity contribution in [1.29, 1.82) is 0 Å². The highest BCUT2D eigenvalue weighted by Gasteiger charge is 2.22.